The maximum Gasteiger partial charge on any atom is 0.255 e. The minimum absolute atomic E-state index is 0.182. The van der Waals surface area contributed by atoms with Crippen LogP contribution in [0.3, 0.4) is 0 Å². The monoisotopic (exact) mass is 498 g/mol. The van der Waals surface area contributed by atoms with Crippen LogP contribution in [-0.4, -0.2) is 48.7 Å². The molecule has 0 bridgehead atoms. The van der Waals surface area contributed by atoms with Crippen LogP contribution in [-0.2, 0) is 0 Å². The topological polar surface area (TPSA) is 103 Å². The number of rotatable bonds is 6. The number of fused-ring (bicyclic) bond motifs is 1. The zero-order valence-corrected chi connectivity index (χ0v) is 22.0. The van der Waals surface area contributed by atoms with E-state index in [0.717, 1.165) is 72.4 Å². The molecule has 8 nitrogen and oxygen atoms in total. The first-order valence-corrected chi connectivity index (χ1v) is 13.1. The maximum absolute atomic E-state index is 13.8. The SMILES string of the molecule is COc1ccc([C@H](C)NC(=O)c2cnc3c(C4CC4)nc(C)cc3c2N2CCN[C@@H](C)CC2)cc1C#N. The lowest BCUT2D eigenvalue weighted by atomic mass is 10.0. The third-order valence-corrected chi connectivity index (χ3v) is 7.40. The number of benzene rings is 1. The van der Waals surface area contributed by atoms with E-state index in [1.54, 1.807) is 25.4 Å². The molecule has 1 aromatic carbocycles. The molecule has 1 saturated carbocycles. The number of amides is 1. The molecule has 8 heteroatoms. The standard InChI is InChI=1S/C29H34N6O2/c1-17-9-11-35(12-10-31-17)28-23-13-18(2)33-26(20-5-6-20)27(23)32-16-24(28)29(36)34-19(3)21-7-8-25(37-4)22(14-21)15-30/h7-8,13-14,16-17,19-20,31H,5-6,9-12H2,1-4H3,(H,34,36)/t17-,19-/m0/s1. The lowest BCUT2D eigenvalue weighted by Crippen LogP contribution is -2.33. The second kappa shape index (κ2) is 10.3. The predicted octanol–water partition coefficient (Wildman–Crippen LogP) is 4.38. The summed E-state index contributed by atoms with van der Waals surface area (Å²) in [5.41, 5.74) is 5.69. The van der Waals surface area contributed by atoms with Gasteiger partial charge >= 0.3 is 0 Å². The van der Waals surface area contributed by atoms with Crippen LogP contribution in [0.4, 0.5) is 5.69 Å². The van der Waals surface area contributed by atoms with Gasteiger partial charge in [0.05, 0.1) is 41.2 Å². The quantitative estimate of drug-likeness (QED) is 0.520. The van der Waals surface area contributed by atoms with Gasteiger partial charge in [-0.05, 0) is 63.8 Å². The number of hydrogen-bond donors (Lipinski definition) is 2. The number of nitrogens with zero attached hydrogens (tertiary/aromatic N) is 4. The molecule has 1 saturated heterocycles. The van der Waals surface area contributed by atoms with Crippen LogP contribution in [0.5, 0.6) is 5.75 Å². The Hall–Kier alpha value is -3.70. The van der Waals surface area contributed by atoms with Gasteiger partial charge in [0.1, 0.15) is 11.8 Å². The molecule has 2 fully saturated rings. The lowest BCUT2D eigenvalue weighted by molar-refractivity contribution is 0.0940. The largest absolute Gasteiger partial charge is 0.495 e. The zero-order valence-electron chi connectivity index (χ0n) is 22.0. The van der Waals surface area contributed by atoms with Crippen LogP contribution in [0.2, 0.25) is 0 Å². The van der Waals surface area contributed by atoms with Gasteiger partial charge in [0, 0.05) is 48.9 Å². The van der Waals surface area contributed by atoms with Gasteiger partial charge in [-0.15, -0.1) is 0 Å². The average molecular weight is 499 g/mol. The van der Waals surface area contributed by atoms with Gasteiger partial charge in [-0.25, -0.2) is 0 Å². The van der Waals surface area contributed by atoms with E-state index in [1.165, 1.54) is 0 Å². The highest BCUT2D eigenvalue weighted by molar-refractivity contribution is 6.08. The molecular weight excluding hydrogens is 464 g/mol. The van der Waals surface area contributed by atoms with Crippen molar-refractivity contribution in [2.75, 3.05) is 31.6 Å². The van der Waals surface area contributed by atoms with Gasteiger partial charge in [0.2, 0.25) is 0 Å². The normalized spacial score (nSPS) is 18.7. The highest BCUT2D eigenvalue weighted by Crippen LogP contribution is 2.43. The highest BCUT2D eigenvalue weighted by Gasteiger charge is 2.31. The molecule has 0 unspecified atom stereocenters. The molecule has 1 aliphatic carbocycles. The molecular formula is C29H34N6O2. The van der Waals surface area contributed by atoms with Gasteiger partial charge in [-0.2, -0.15) is 5.26 Å². The Labute approximate surface area is 218 Å². The van der Waals surface area contributed by atoms with Crippen molar-refractivity contribution < 1.29 is 9.53 Å². The van der Waals surface area contributed by atoms with Crippen molar-refractivity contribution in [1.29, 1.82) is 5.26 Å². The molecule has 37 heavy (non-hydrogen) atoms. The van der Waals surface area contributed by atoms with E-state index < -0.39 is 0 Å². The number of nitrogens with one attached hydrogen (secondary N) is 2. The number of aryl methyl sites for hydroxylation is 1. The summed E-state index contributed by atoms with van der Waals surface area (Å²) in [4.78, 5) is 25.8. The fourth-order valence-electron chi connectivity index (χ4n) is 5.16. The first kappa shape index (κ1) is 25.0. The Balaban J connectivity index is 1.55. The lowest BCUT2D eigenvalue weighted by Gasteiger charge is -2.27. The number of pyridine rings is 2. The summed E-state index contributed by atoms with van der Waals surface area (Å²) >= 11 is 0. The number of carbonyl (C=O) groups is 1. The Morgan fingerprint density at radius 1 is 1.27 bits per heavy atom. The molecule has 2 N–H and O–H groups in total. The van der Waals surface area contributed by atoms with Crippen molar-refractivity contribution in [2.24, 2.45) is 0 Å². The Kier molecular flexibility index (Phi) is 6.98. The van der Waals surface area contributed by atoms with Crippen molar-refractivity contribution >= 4 is 22.5 Å². The number of aromatic nitrogens is 2. The summed E-state index contributed by atoms with van der Waals surface area (Å²) in [5, 5.41) is 17.2. The summed E-state index contributed by atoms with van der Waals surface area (Å²) in [7, 11) is 1.54. The molecule has 3 heterocycles. The molecule has 0 spiro atoms. The van der Waals surface area contributed by atoms with Crippen LogP contribution >= 0.6 is 0 Å². The minimum atomic E-state index is -0.305. The number of nitriles is 1. The summed E-state index contributed by atoms with van der Waals surface area (Å²) < 4.78 is 5.27. The summed E-state index contributed by atoms with van der Waals surface area (Å²) in [6.07, 6.45) is 4.99. The summed E-state index contributed by atoms with van der Waals surface area (Å²) in [6.45, 7) is 8.66. The highest BCUT2D eigenvalue weighted by atomic mass is 16.5. The fraction of sp³-hybridized carbons (Fsp3) is 0.448. The number of methoxy groups -OCH3 is 1. The van der Waals surface area contributed by atoms with Crippen molar-refractivity contribution in [3.05, 3.63) is 58.5 Å². The van der Waals surface area contributed by atoms with E-state index in [-0.39, 0.29) is 11.9 Å². The zero-order chi connectivity index (χ0) is 26.1. The van der Waals surface area contributed by atoms with Crippen LogP contribution in [0, 0.1) is 18.3 Å². The summed E-state index contributed by atoms with van der Waals surface area (Å²) in [5.74, 6) is 0.793. The molecule has 5 rings (SSSR count). The van der Waals surface area contributed by atoms with E-state index in [9.17, 15) is 10.1 Å². The van der Waals surface area contributed by atoms with Crippen molar-refractivity contribution in [3.8, 4) is 11.8 Å². The Bertz CT molecular complexity index is 1380. The van der Waals surface area contributed by atoms with Crippen molar-refractivity contribution in [2.45, 2.75) is 58.0 Å². The van der Waals surface area contributed by atoms with Gasteiger partial charge in [-0.3, -0.25) is 14.8 Å². The van der Waals surface area contributed by atoms with Gasteiger partial charge in [-0.1, -0.05) is 6.07 Å². The number of hydrogen-bond acceptors (Lipinski definition) is 7. The molecule has 2 atom stereocenters. The van der Waals surface area contributed by atoms with E-state index in [1.807, 2.05) is 19.9 Å². The van der Waals surface area contributed by atoms with E-state index in [2.05, 4.69) is 34.6 Å². The number of anilines is 1. The van der Waals surface area contributed by atoms with E-state index in [0.29, 0.717) is 28.8 Å². The van der Waals surface area contributed by atoms with E-state index in [4.69, 9.17) is 14.7 Å². The molecule has 1 amide bonds. The van der Waals surface area contributed by atoms with E-state index >= 15 is 0 Å². The van der Waals surface area contributed by atoms with Crippen LogP contribution in [0.25, 0.3) is 10.9 Å². The predicted molar refractivity (Wildman–Crippen MR) is 144 cm³/mol. The van der Waals surface area contributed by atoms with Crippen LogP contribution in [0.1, 0.15) is 77.9 Å². The molecule has 2 aromatic heterocycles. The van der Waals surface area contributed by atoms with Crippen LogP contribution in [0.15, 0.2) is 30.5 Å². The molecule has 192 valence electrons. The van der Waals surface area contributed by atoms with Crippen molar-refractivity contribution in [1.82, 2.24) is 20.6 Å². The number of carbonyl (C=O) groups excluding carboxylic acids is 1. The molecule has 3 aromatic rings. The first-order chi connectivity index (χ1) is 17.9. The second-order valence-corrected chi connectivity index (χ2v) is 10.2. The first-order valence-electron chi connectivity index (χ1n) is 13.1. The molecule has 2 aliphatic rings. The average Bonchev–Trinajstić information content (AvgIpc) is 3.75. The number of ether oxygens (including phenoxy) is 1. The molecule has 1 aliphatic heterocycles. The van der Waals surface area contributed by atoms with Gasteiger partial charge < -0.3 is 20.3 Å². The Morgan fingerprint density at radius 3 is 2.81 bits per heavy atom. The van der Waals surface area contributed by atoms with Crippen LogP contribution < -0.4 is 20.3 Å². The maximum atomic E-state index is 13.8. The molecule has 0 radical (unpaired) electrons. The Morgan fingerprint density at radius 2 is 2.08 bits per heavy atom. The second-order valence-electron chi connectivity index (χ2n) is 10.2. The summed E-state index contributed by atoms with van der Waals surface area (Å²) in [6, 6.07) is 9.77. The fourth-order valence-corrected chi connectivity index (χ4v) is 5.16. The third-order valence-electron chi connectivity index (χ3n) is 7.40. The van der Waals surface area contributed by atoms with Crippen molar-refractivity contribution in [3.63, 3.8) is 0 Å². The van der Waals surface area contributed by atoms with Gasteiger partial charge in [0.25, 0.3) is 5.91 Å². The third kappa shape index (κ3) is 5.09. The van der Waals surface area contributed by atoms with Gasteiger partial charge in [0.15, 0.2) is 0 Å². The smallest absolute Gasteiger partial charge is 0.255 e. The minimum Gasteiger partial charge on any atom is -0.495 e.